The van der Waals surface area contributed by atoms with Crippen molar-refractivity contribution in [3.05, 3.63) is 58.1 Å². The van der Waals surface area contributed by atoms with Crippen molar-refractivity contribution in [3.8, 4) is 0 Å². The van der Waals surface area contributed by atoms with E-state index in [0.717, 1.165) is 22.9 Å². The van der Waals surface area contributed by atoms with Gasteiger partial charge in [-0.1, -0.05) is 29.3 Å². The van der Waals surface area contributed by atoms with Gasteiger partial charge in [0.2, 0.25) is 0 Å². The third-order valence-corrected chi connectivity index (χ3v) is 7.52. The summed E-state index contributed by atoms with van der Waals surface area (Å²) in [6, 6.07) is 7.32. The fourth-order valence-corrected chi connectivity index (χ4v) is 5.82. The number of aliphatic hydroxyl groups is 1. The van der Waals surface area contributed by atoms with E-state index < -0.39 is 24.7 Å². The molecule has 3 aromatic rings. The molecule has 1 aromatic carbocycles. The summed E-state index contributed by atoms with van der Waals surface area (Å²) in [4.78, 5) is 8.50. The molecule has 2 aromatic heterocycles. The first-order chi connectivity index (χ1) is 16.7. The quantitative estimate of drug-likeness (QED) is 0.355. The molecule has 8 nitrogen and oxygen atoms in total. The summed E-state index contributed by atoms with van der Waals surface area (Å²) in [7, 11) is 3.17. The van der Waals surface area contributed by atoms with Crippen molar-refractivity contribution in [3.63, 3.8) is 0 Å². The van der Waals surface area contributed by atoms with Gasteiger partial charge in [0.1, 0.15) is 29.3 Å². The summed E-state index contributed by atoms with van der Waals surface area (Å²) in [6.07, 6.45) is 1.86. The van der Waals surface area contributed by atoms with Crippen LogP contribution in [-0.2, 0) is 25.4 Å². The van der Waals surface area contributed by atoms with E-state index in [-0.39, 0.29) is 17.6 Å². The van der Waals surface area contributed by atoms with Crippen molar-refractivity contribution in [1.29, 1.82) is 0 Å². The van der Waals surface area contributed by atoms with Gasteiger partial charge in [-0.25, -0.2) is 9.97 Å². The Labute approximate surface area is 214 Å². The molecule has 2 unspecified atom stereocenters. The first kappa shape index (κ1) is 24.9. The maximum Gasteiger partial charge on any atom is 0.162 e. The molecule has 0 radical (unpaired) electrons. The second-order valence-electron chi connectivity index (χ2n) is 9.72. The number of nitrogens with zero attached hydrogens (tertiary/aromatic N) is 3. The Balaban J connectivity index is 1.51. The molecule has 0 amide bonds. The Bertz CT molecular complexity index is 1220. The van der Waals surface area contributed by atoms with Crippen molar-refractivity contribution >= 4 is 34.2 Å². The molecule has 10 heteroatoms. The van der Waals surface area contributed by atoms with E-state index in [1.807, 2.05) is 29.0 Å². The van der Waals surface area contributed by atoms with Gasteiger partial charge >= 0.3 is 0 Å². The molecule has 1 N–H and O–H groups in total. The fourth-order valence-electron chi connectivity index (χ4n) is 5.44. The number of halogens is 2. The summed E-state index contributed by atoms with van der Waals surface area (Å²) < 4.78 is 25.7. The van der Waals surface area contributed by atoms with Crippen LogP contribution in [0.2, 0.25) is 10.2 Å². The van der Waals surface area contributed by atoms with E-state index >= 15 is 0 Å². The van der Waals surface area contributed by atoms with Crippen LogP contribution >= 0.6 is 23.2 Å². The highest BCUT2D eigenvalue weighted by atomic mass is 35.5. The zero-order valence-electron chi connectivity index (χ0n) is 20.0. The molecule has 2 saturated heterocycles. The minimum Gasteiger partial charge on any atom is -0.386 e. The summed E-state index contributed by atoms with van der Waals surface area (Å²) in [5.74, 6) is -0.0380. The van der Waals surface area contributed by atoms with Crippen LogP contribution < -0.4 is 0 Å². The Hall–Kier alpha value is -1.78. The maximum atomic E-state index is 11.7. The maximum absolute atomic E-state index is 11.7. The van der Waals surface area contributed by atoms with Crippen LogP contribution in [0, 0.1) is 5.92 Å². The van der Waals surface area contributed by atoms with Crippen molar-refractivity contribution in [2.75, 3.05) is 14.2 Å². The fraction of sp³-hybridized carbons (Fsp3) is 0.520. The monoisotopic (exact) mass is 521 g/mol. The molecule has 5 atom stereocenters. The van der Waals surface area contributed by atoms with Gasteiger partial charge in [-0.15, -0.1) is 0 Å². The van der Waals surface area contributed by atoms with Crippen molar-refractivity contribution in [1.82, 2.24) is 14.5 Å². The molecule has 5 rings (SSSR count). The Morgan fingerprint density at radius 3 is 2.71 bits per heavy atom. The first-order valence-corrected chi connectivity index (χ1v) is 12.3. The van der Waals surface area contributed by atoms with Crippen LogP contribution in [-0.4, -0.2) is 58.0 Å². The van der Waals surface area contributed by atoms with E-state index in [1.54, 1.807) is 20.3 Å². The topological polar surface area (TPSA) is 87.9 Å². The number of aromatic nitrogens is 3. The standard InChI is InChI=1S/C25H29Cl2N3O5/c1-25(2)11-17-20(19(31)15-6-5-14(26)9-13(15)10-18(32-3)33-4)34-24(21(17)35-25)30-8-7-16-22(27)28-12-29-23(16)30/h5-9,12,17-21,24,31H,10-11H2,1-4H3/t17?,19-,20+,21?,24-/m1/s1. The van der Waals surface area contributed by atoms with Crippen LogP contribution in [0.3, 0.4) is 0 Å². The van der Waals surface area contributed by atoms with Crippen molar-refractivity contribution in [2.45, 2.75) is 63.1 Å². The van der Waals surface area contributed by atoms with Gasteiger partial charge in [-0.05, 0) is 49.6 Å². The highest BCUT2D eigenvalue weighted by Crippen LogP contribution is 2.52. The average molecular weight is 522 g/mol. The molecule has 35 heavy (non-hydrogen) atoms. The predicted octanol–water partition coefficient (Wildman–Crippen LogP) is 4.71. The van der Waals surface area contributed by atoms with Crippen molar-refractivity contribution < 1.29 is 24.1 Å². The molecule has 0 bridgehead atoms. The minimum absolute atomic E-state index is 0.0380. The van der Waals surface area contributed by atoms with Crippen LogP contribution in [0.1, 0.15) is 43.7 Å². The molecule has 0 saturated carbocycles. The predicted molar refractivity (Wildman–Crippen MR) is 131 cm³/mol. The Kier molecular flexibility index (Phi) is 6.82. The lowest BCUT2D eigenvalue weighted by atomic mass is 9.85. The van der Waals surface area contributed by atoms with Gasteiger partial charge < -0.3 is 28.6 Å². The highest BCUT2D eigenvalue weighted by Gasteiger charge is 2.56. The molecular weight excluding hydrogens is 493 g/mol. The van der Waals surface area contributed by atoms with E-state index in [1.165, 1.54) is 6.33 Å². The second-order valence-corrected chi connectivity index (χ2v) is 10.5. The molecule has 2 fully saturated rings. The lowest BCUT2D eigenvalue weighted by Crippen LogP contribution is -2.29. The molecule has 188 valence electrons. The number of aliphatic hydroxyl groups excluding tert-OH is 1. The summed E-state index contributed by atoms with van der Waals surface area (Å²) in [5.41, 5.74) is 1.87. The molecule has 0 spiro atoms. The van der Waals surface area contributed by atoms with E-state index in [2.05, 4.69) is 23.8 Å². The first-order valence-electron chi connectivity index (χ1n) is 11.5. The number of rotatable bonds is 7. The zero-order chi connectivity index (χ0) is 24.9. The Morgan fingerprint density at radius 1 is 1.20 bits per heavy atom. The third-order valence-electron chi connectivity index (χ3n) is 6.99. The van der Waals surface area contributed by atoms with Crippen LogP contribution in [0.4, 0.5) is 0 Å². The number of fused-ring (bicyclic) bond motifs is 2. The molecule has 4 heterocycles. The summed E-state index contributed by atoms with van der Waals surface area (Å²) >= 11 is 12.6. The molecule has 2 aliphatic rings. The van der Waals surface area contributed by atoms with Gasteiger partial charge in [-0.3, -0.25) is 0 Å². The largest absolute Gasteiger partial charge is 0.386 e. The van der Waals surface area contributed by atoms with E-state index in [9.17, 15) is 5.11 Å². The Morgan fingerprint density at radius 2 is 1.97 bits per heavy atom. The number of hydrogen-bond donors (Lipinski definition) is 1. The lowest BCUT2D eigenvalue weighted by molar-refractivity contribution is -0.121. The van der Waals surface area contributed by atoms with Gasteiger partial charge in [0.25, 0.3) is 0 Å². The SMILES string of the molecule is COC(Cc1cc(Cl)ccc1[C@@H](O)[C@H]1O[C@@H](n2ccc3c(Cl)ncnc32)C2OC(C)(C)CC21)OC. The van der Waals surface area contributed by atoms with Gasteiger partial charge in [0.15, 0.2) is 12.5 Å². The molecule has 0 aliphatic carbocycles. The smallest absolute Gasteiger partial charge is 0.162 e. The van der Waals surface area contributed by atoms with Gasteiger partial charge in [0, 0.05) is 37.8 Å². The van der Waals surface area contributed by atoms with Crippen LogP contribution in [0.5, 0.6) is 0 Å². The van der Waals surface area contributed by atoms with E-state index in [4.69, 9.17) is 42.1 Å². The molecular formula is C25H29Cl2N3O5. The van der Waals surface area contributed by atoms with Crippen LogP contribution in [0.25, 0.3) is 11.0 Å². The zero-order valence-corrected chi connectivity index (χ0v) is 21.5. The second kappa shape index (κ2) is 9.59. The number of hydrogen-bond acceptors (Lipinski definition) is 7. The number of benzene rings is 1. The minimum atomic E-state index is -0.910. The summed E-state index contributed by atoms with van der Waals surface area (Å²) in [6.45, 7) is 4.13. The average Bonchev–Trinajstić information content (AvgIpc) is 3.48. The number of ether oxygens (including phenoxy) is 4. The van der Waals surface area contributed by atoms with Crippen LogP contribution in [0.15, 0.2) is 36.8 Å². The summed E-state index contributed by atoms with van der Waals surface area (Å²) in [5, 5.41) is 13.4. The lowest BCUT2D eigenvalue weighted by Gasteiger charge is -2.28. The van der Waals surface area contributed by atoms with E-state index in [0.29, 0.717) is 22.2 Å². The highest BCUT2D eigenvalue weighted by molar-refractivity contribution is 6.33. The normalized spacial score (nSPS) is 26.5. The van der Waals surface area contributed by atoms with Gasteiger partial charge in [-0.2, -0.15) is 0 Å². The van der Waals surface area contributed by atoms with Crippen molar-refractivity contribution in [2.24, 2.45) is 5.92 Å². The third kappa shape index (κ3) is 4.57. The molecule has 2 aliphatic heterocycles. The number of methoxy groups -OCH3 is 2. The van der Waals surface area contributed by atoms with Gasteiger partial charge in [0.05, 0.1) is 17.1 Å².